The van der Waals surface area contributed by atoms with Gasteiger partial charge in [-0.3, -0.25) is 0 Å². The van der Waals surface area contributed by atoms with Crippen LogP contribution >= 0.6 is 0 Å². The molecule has 1 aliphatic rings. The van der Waals surface area contributed by atoms with Crippen LogP contribution in [-0.4, -0.2) is 9.78 Å². The highest BCUT2D eigenvalue weighted by molar-refractivity contribution is 5.32. The molecule has 1 heterocycles. The molecule has 0 unspecified atom stereocenters. The average molecular weight is 207 g/mol. The van der Waals surface area contributed by atoms with E-state index in [2.05, 4.69) is 18.9 Å². The van der Waals surface area contributed by atoms with Gasteiger partial charge in [0.15, 0.2) is 0 Å². The quantitative estimate of drug-likeness (QED) is 0.828. The molecule has 84 valence electrons. The van der Waals surface area contributed by atoms with Crippen molar-refractivity contribution in [3.8, 4) is 0 Å². The Hall–Kier alpha value is -0.990. The Morgan fingerprint density at radius 2 is 2.13 bits per heavy atom. The van der Waals surface area contributed by atoms with Gasteiger partial charge in [-0.25, -0.2) is 4.68 Å². The number of hydrogen-bond donors (Lipinski definition) is 1. The summed E-state index contributed by atoms with van der Waals surface area (Å²) in [7, 11) is 0. The van der Waals surface area contributed by atoms with Crippen LogP contribution in [0.2, 0.25) is 0 Å². The van der Waals surface area contributed by atoms with Gasteiger partial charge in [0.1, 0.15) is 5.82 Å². The number of hydrogen-bond acceptors (Lipinski definition) is 2. The summed E-state index contributed by atoms with van der Waals surface area (Å²) in [4.78, 5) is 0. The van der Waals surface area contributed by atoms with Crippen LogP contribution in [0.1, 0.15) is 51.1 Å². The van der Waals surface area contributed by atoms with Crippen LogP contribution in [0.15, 0.2) is 6.07 Å². The minimum atomic E-state index is 0.470. The smallest absolute Gasteiger partial charge is 0.121 e. The first-order chi connectivity index (χ1) is 7.16. The van der Waals surface area contributed by atoms with Crippen molar-refractivity contribution in [2.24, 2.45) is 5.92 Å². The van der Waals surface area contributed by atoms with Gasteiger partial charge in [-0.2, -0.15) is 5.10 Å². The van der Waals surface area contributed by atoms with Gasteiger partial charge in [0.05, 0.1) is 5.69 Å². The van der Waals surface area contributed by atoms with Crippen molar-refractivity contribution in [1.29, 1.82) is 0 Å². The zero-order valence-electron chi connectivity index (χ0n) is 9.74. The predicted molar refractivity (Wildman–Crippen MR) is 62.7 cm³/mol. The monoisotopic (exact) mass is 207 g/mol. The lowest BCUT2D eigenvalue weighted by Crippen LogP contribution is -2.11. The van der Waals surface area contributed by atoms with E-state index in [0.29, 0.717) is 5.92 Å². The van der Waals surface area contributed by atoms with Crippen molar-refractivity contribution < 1.29 is 0 Å². The molecule has 3 heteroatoms. The summed E-state index contributed by atoms with van der Waals surface area (Å²) in [5.41, 5.74) is 7.07. The second kappa shape index (κ2) is 4.25. The van der Waals surface area contributed by atoms with Crippen LogP contribution in [0.3, 0.4) is 0 Å². The van der Waals surface area contributed by atoms with E-state index in [9.17, 15) is 0 Å². The van der Waals surface area contributed by atoms with Gasteiger partial charge in [-0.05, 0) is 24.7 Å². The molecule has 0 radical (unpaired) electrons. The molecule has 2 rings (SSSR count). The van der Waals surface area contributed by atoms with E-state index in [-0.39, 0.29) is 0 Å². The molecule has 1 saturated carbocycles. The first-order valence-electron chi connectivity index (χ1n) is 6.00. The Kier molecular flexibility index (Phi) is 2.98. The summed E-state index contributed by atoms with van der Waals surface area (Å²) in [6, 6.07) is 2.01. The molecule has 0 spiro atoms. The molecule has 0 bridgehead atoms. The van der Waals surface area contributed by atoms with Crippen LogP contribution < -0.4 is 5.73 Å². The molecule has 0 aromatic carbocycles. The second-order valence-corrected chi connectivity index (χ2v) is 4.98. The van der Waals surface area contributed by atoms with E-state index in [1.165, 1.54) is 25.7 Å². The molecular formula is C12H21N3. The topological polar surface area (TPSA) is 43.8 Å². The molecule has 1 aliphatic carbocycles. The van der Waals surface area contributed by atoms with Gasteiger partial charge < -0.3 is 5.73 Å². The maximum absolute atomic E-state index is 5.96. The molecule has 15 heavy (non-hydrogen) atoms. The van der Waals surface area contributed by atoms with Gasteiger partial charge in [0.25, 0.3) is 0 Å². The van der Waals surface area contributed by atoms with Crippen molar-refractivity contribution in [2.75, 3.05) is 5.73 Å². The third-order valence-corrected chi connectivity index (χ3v) is 3.33. The number of anilines is 1. The fourth-order valence-electron chi connectivity index (χ4n) is 2.32. The zero-order chi connectivity index (χ0) is 10.8. The number of rotatable bonds is 3. The maximum Gasteiger partial charge on any atom is 0.121 e. The highest BCUT2D eigenvalue weighted by Crippen LogP contribution is 2.27. The first kappa shape index (κ1) is 10.5. The van der Waals surface area contributed by atoms with Crippen LogP contribution in [0.25, 0.3) is 0 Å². The number of nitrogens with two attached hydrogens (primary N) is 1. The lowest BCUT2D eigenvalue weighted by atomic mass is 10.1. The number of nitrogen functional groups attached to an aromatic ring is 1. The third-order valence-electron chi connectivity index (χ3n) is 3.33. The molecule has 0 amide bonds. The fourth-order valence-corrected chi connectivity index (χ4v) is 2.32. The summed E-state index contributed by atoms with van der Waals surface area (Å²) in [5, 5.41) is 4.56. The maximum atomic E-state index is 5.96. The van der Waals surface area contributed by atoms with Gasteiger partial charge in [-0.1, -0.05) is 26.7 Å². The van der Waals surface area contributed by atoms with Crippen molar-refractivity contribution in [3.05, 3.63) is 11.8 Å². The SMILES string of the molecule is CC(C)c1cc(N)n(CC2CCCC2)n1. The van der Waals surface area contributed by atoms with E-state index < -0.39 is 0 Å². The van der Waals surface area contributed by atoms with Gasteiger partial charge >= 0.3 is 0 Å². The van der Waals surface area contributed by atoms with Crippen molar-refractivity contribution in [2.45, 2.75) is 52.0 Å². The largest absolute Gasteiger partial charge is 0.384 e. The highest BCUT2D eigenvalue weighted by Gasteiger charge is 2.17. The molecule has 1 aromatic heterocycles. The normalized spacial score (nSPS) is 17.8. The third kappa shape index (κ3) is 2.33. The van der Waals surface area contributed by atoms with Crippen molar-refractivity contribution in [1.82, 2.24) is 9.78 Å². The van der Waals surface area contributed by atoms with E-state index in [0.717, 1.165) is 24.0 Å². The number of nitrogens with zero attached hydrogens (tertiary/aromatic N) is 2. The first-order valence-corrected chi connectivity index (χ1v) is 6.00. The minimum absolute atomic E-state index is 0.470. The molecule has 2 N–H and O–H groups in total. The lowest BCUT2D eigenvalue weighted by Gasteiger charge is -2.10. The molecule has 1 fully saturated rings. The molecular weight excluding hydrogens is 186 g/mol. The molecule has 0 saturated heterocycles. The van der Waals surface area contributed by atoms with Gasteiger partial charge in [-0.15, -0.1) is 0 Å². The predicted octanol–water partition coefficient (Wildman–Crippen LogP) is 2.78. The molecule has 0 atom stereocenters. The van der Waals surface area contributed by atoms with Gasteiger partial charge in [0.2, 0.25) is 0 Å². The van der Waals surface area contributed by atoms with Crippen LogP contribution in [0.4, 0.5) is 5.82 Å². The van der Waals surface area contributed by atoms with E-state index >= 15 is 0 Å². The molecule has 0 aliphatic heterocycles. The number of aromatic nitrogens is 2. The summed E-state index contributed by atoms with van der Waals surface area (Å²) in [5.74, 6) is 2.09. The Balaban J connectivity index is 2.06. The summed E-state index contributed by atoms with van der Waals surface area (Å²) < 4.78 is 1.99. The Bertz CT molecular complexity index is 322. The van der Waals surface area contributed by atoms with E-state index in [1.54, 1.807) is 0 Å². The highest BCUT2D eigenvalue weighted by atomic mass is 15.3. The molecule has 3 nitrogen and oxygen atoms in total. The average Bonchev–Trinajstić information content (AvgIpc) is 2.77. The lowest BCUT2D eigenvalue weighted by molar-refractivity contribution is 0.430. The molecule has 1 aromatic rings. The van der Waals surface area contributed by atoms with Crippen LogP contribution in [0.5, 0.6) is 0 Å². The van der Waals surface area contributed by atoms with Crippen LogP contribution in [-0.2, 0) is 6.54 Å². The van der Waals surface area contributed by atoms with E-state index in [1.807, 2.05) is 10.7 Å². The summed E-state index contributed by atoms with van der Waals surface area (Å²) in [6.45, 7) is 5.32. The standard InChI is InChI=1S/C12H21N3/c1-9(2)11-7-12(13)15(14-11)8-10-5-3-4-6-10/h7,9-10H,3-6,8,13H2,1-2H3. The Morgan fingerprint density at radius 1 is 1.47 bits per heavy atom. The van der Waals surface area contributed by atoms with Crippen molar-refractivity contribution in [3.63, 3.8) is 0 Å². The summed E-state index contributed by atoms with van der Waals surface area (Å²) in [6.07, 6.45) is 5.44. The zero-order valence-corrected chi connectivity index (χ0v) is 9.74. The van der Waals surface area contributed by atoms with Crippen LogP contribution in [0, 0.1) is 5.92 Å². The van der Waals surface area contributed by atoms with Gasteiger partial charge in [0, 0.05) is 12.6 Å². The minimum Gasteiger partial charge on any atom is -0.384 e. The Labute approximate surface area is 91.7 Å². The fraction of sp³-hybridized carbons (Fsp3) is 0.750. The van der Waals surface area contributed by atoms with Crippen molar-refractivity contribution >= 4 is 5.82 Å². The summed E-state index contributed by atoms with van der Waals surface area (Å²) >= 11 is 0. The second-order valence-electron chi connectivity index (χ2n) is 4.98. The van der Waals surface area contributed by atoms with E-state index in [4.69, 9.17) is 5.73 Å². The Morgan fingerprint density at radius 3 is 2.67 bits per heavy atom.